The Morgan fingerprint density at radius 2 is 1.66 bits per heavy atom. The van der Waals surface area contributed by atoms with Crippen molar-refractivity contribution in [2.45, 2.75) is 27.7 Å². The number of rotatable bonds is 4. The van der Waals surface area contributed by atoms with Crippen molar-refractivity contribution in [1.82, 2.24) is 0 Å². The monoisotopic (exact) mass is 396 g/mol. The van der Waals surface area contributed by atoms with Crippen LogP contribution in [0.4, 0.5) is 0 Å². The van der Waals surface area contributed by atoms with Gasteiger partial charge in [0, 0.05) is 5.56 Å². The minimum atomic E-state index is -0.638. The van der Waals surface area contributed by atoms with Gasteiger partial charge in [0.1, 0.15) is 11.5 Å². The molecule has 0 N–H and O–H groups in total. The Hall–Kier alpha value is -3.28. The summed E-state index contributed by atoms with van der Waals surface area (Å²) in [6.45, 7) is 7.10. The van der Waals surface area contributed by atoms with Gasteiger partial charge >= 0.3 is 5.97 Å². The Morgan fingerprint density at radius 1 is 1.00 bits per heavy atom. The van der Waals surface area contributed by atoms with E-state index in [4.69, 9.17) is 18.9 Å². The number of methoxy groups -OCH3 is 2. The van der Waals surface area contributed by atoms with Crippen molar-refractivity contribution in [2.75, 3.05) is 14.2 Å². The Balaban J connectivity index is 1.92. The summed E-state index contributed by atoms with van der Waals surface area (Å²) in [6, 6.07) is 8.56. The van der Waals surface area contributed by atoms with E-state index in [0.717, 1.165) is 5.56 Å². The van der Waals surface area contributed by atoms with Crippen LogP contribution in [0.25, 0.3) is 6.08 Å². The van der Waals surface area contributed by atoms with E-state index in [2.05, 4.69) is 0 Å². The van der Waals surface area contributed by atoms with Crippen LogP contribution in [0.2, 0.25) is 0 Å². The fraction of sp³-hybridized carbons (Fsp3) is 0.304. The van der Waals surface area contributed by atoms with E-state index in [1.807, 2.05) is 0 Å². The third kappa shape index (κ3) is 3.97. The quantitative estimate of drug-likeness (QED) is 0.428. The molecule has 6 nitrogen and oxygen atoms in total. The first-order chi connectivity index (χ1) is 13.7. The average molecular weight is 396 g/mol. The highest BCUT2D eigenvalue weighted by Crippen LogP contribution is 2.40. The molecule has 0 bridgehead atoms. The molecule has 1 aliphatic heterocycles. The molecule has 1 heterocycles. The van der Waals surface area contributed by atoms with Crippen molar-refractivity contribution >= 4 is 17.8 Å². The molecule has 3 rings (SSSR count). The maximum absolute atomic E-state index is 12.8. The molecule has 0 spiro atoms. The minimum absolute atomic E-state index is 0.189. The molecule has 1 aliphatic rings. The van der Waals surface area contributed by atoms with Crippen LogP contribution in [0.15, 0.2) is 36.1 Å². The summed E-state index contributed by atoms with van der Waals surface area (Å²) in [5.74, 6) is 1.53. The summed E-state index contributed by atoms with van der Waals surface area (Å²) in [5, 5.41) is 0. The van der Waals surface area contributed by atoms with Crippen LogP contribution in [0, 0.1) is 12.3 Å². The van der Waals surface area contributed by atoms with Crippen LogP contribution < -0.4 is 18.9 Å². The van der Waals surface area contributed by atoms with Crippen molar-refractivity contribution in [3.63, 3.8) is 0 Å². The standard InChI is InChI=1S/C23H24O6/c1-13-16(29-22(25)23(2,3)4)10-8-15-20(24)19(28-21(13)15)12-14-7-9-17(26-5)18(11-14)27-6/h7-12H,1-6H3/b19-12-. The van der Waals surface area contributed by atoms with Gasteiger partial charge in [0.05, 0.1) is 25.2 Å². The second-order valence-corrected chi connectivity index (χ2v) is 7.76. The fourth-order valence-corrected chi connectivity index (χ4v) is 2.83. The molecule has 0 amide bonds. The zero-order valence-electron chi connectivity index (χ0n) is 17.4. The molecule has 0 aliphatic carbocycles. The molecule has 0 fully saturated rings. The van der Waals surface area contributed by atoms with Gasteiger partial charge in [0.2, 0.25) is 5.78 Å². The molecule has 6 heteroatoms. The smallest absolute Gasteiger partial charge is 0.316 e. The molecule has 0 saturated carbocycles. The van der Waals surface area contributed by atoms with E-state index in [1.165, 1.54) is 0 Å². The first-order valence-corrected chi connectivity index (χ1v) is 9.18. The van der Waals surface area contributed by atoms with Crippen molar-refractivity contribution in [1.29, 1.82) is 0 Å². The molecule has 0 atom stereocenters. The molecule has 0 radical (unpaired) electrons. The molecule has 0 saturated heterocycles. The Labute approximate surface area is 170 Å². The van der Waals surface area contributed by atoms with Gasteiger partial charge in [-0.25, -0.2) is 0 Å². The molecule has 0 unspecified atom stereocenters. The van der Waals surface area contributed by atoms with E-state index in [9.17, 15) is 9.59 Å². The van der Waals surface area contributed by atoms with Crippen molar-refractivity contribution in [3.8, 4) is 23.0 Å². The molecule has 0 aromatic heterocycles. The number of hydrogen-bond donors (Lipinski definition) is 0. The maximum Gasteiger partial charge on any atom is 0.316 e. The van der Waals surface area contributed by atoms with E-state index in [0.29, 0.717) is 34.1 Å². The summed E-state index contributed by atoms with van der Waals surface area (Å²) in [6.07, 6.45) is 1.64. The summed E-state index contributed by atoms with van der Waals surface area (Å²) < 4.78 is 21.9. The fourth-order valence-electron chi connectivity index (χ4n) is 2.83. The third-order valence-electron chi connectivity index (χ3n) is 4.56. The zero-order chi connectivity index (χ0) is 21.3. The van der Waals surface area contributed by atoms with Crippen LogP contribution in [-0.2, 0) is 4.79 Å². The van der Waals surface area contributed by atoms with Gasteiger partial charge in [0.15, 0.2) is 17.3 Å². The highest BCUT2D eigenvalue weighted by Gasteiger charge is 2.31. The lowest BCUT2D eigenvalue weighted by Gasteiger charge is -2.17. The summed E-state index contributed by atoms with van der Waals surface area (Å²) >= 11 is 0. The van der Waals surface area contributed by atoms with Gasteiger partial charge in [-0.2, -0.15) is 0 Å². The highest BCUT2D eigenvalue weighted by atomic mass is 16.5. The molecule has 2 aromatic rings. The summed E-state index contributed by atoms with van der Waals surface area (Å²) in [5.41, 5.74) is 1.13. The number of Topliss-reactive ketones (excluding diaryl/α,β-unsaturated/α-hetero) is 1. The van der Waals surface area contributed by atoms with Crippen LogP contribution in [-0.4, -0.2) is 26.0 Å². The number of ether oxygens (including phenoxy) is 4. The van der Waals surface area contributed by atoms with E-state index in [-0.39, 0.29) is 17.5 Å². The van der Waals surface area contributed by atoms with E-state index < -0.39 is 5.41 Å². The number of carbonyl (C=O) groups excluding carboxylic acids is 2. The molecule has 152 valence electrons. The summed E-state index contributed by atoms with van der Waals surface area (Å²) in [7, 11) is 3.11. The lowest BCUT2D eigenvalue weighted by Crippen LogP contribution is -2.25. The van der Waals surface area contributed by atoms with E-state index in [1.54, 1.807) is 78.3 Å². The highest BCUT2D eigenvalue weighted by molar-refractivity contribution is 6.15. The number of benzene rings is 2. The minimum Gasteiger partial charge on any atom is -0.493 e. The topological polar surface area (TPSA) is 71.1 Å². The molecule has 29 heavy (non-hydrogen) atoms. The summed E-state index contributed by atoms with van der Waals surface area (Å²) in [4.78, 5) is 25.0. The number of hydrogen-bond acceptors (Lipinski definition) is 6. The van der Waals surface area contributed by atoms with Gasteiger partial charge in [0.25, 0.3) is 0 Å². The van der Waals surface area contributed by atoms with Crippen molar-refractivity contribution in [2.24, 2.45) is 5.41 Å². The maximum atomic E-state index is 12.8. The van der Waals surface area contributed by atoms with Gasteiger partial charge in [-0.1, -0.05) is 6.07 Å². The number of ketones is 1. The SMILES string of the molecule is COc1ccc(/C=C2\Oc3c(ccc(OC(=O)C(C)(C)C)c3C)C2=O)cc1OC. The number of carbonyl (C=O) groups is 2. The van der Waals surface area contributed by atoms with Crippen molar-refractivity contribution < 1.29 is 28.5 Å². The van der Waals surface area contributed by atoms with Crippen LogP contribution in [0.3, 0.4) is 0 Å². The second-order valence-electron chi connectivity index (χ2n) is 7.76. The predicted molar refractivity (Wildman–Crippen MR) is 109 cm³/mol. The lowest BCUT2D eigenvalue weighted by atomic mass is 9.97. The Kier molecular flexibility index (Phi) is 5.38. The van der Waals surface area contributed by atoms with Gasteiger partial charge in [-0.05, 0) is 63.6 Å². The van der Waals surface area contributed by atoms with Gasteiger partial charge in [-0.3, -0.25) is 9.59 Å². The molecular formula is C23H24O6. The number of esters is 1. The predicted octanol–water partition coefficient (Wildman–Crippen LogP) is 4.58. The van der Waals surface area contributed by atoms with Crippen LogP contribution in [0.1, 0.15) is 42.3 Å². The van der Waals surface area contributed by atoms with Gasteiger partial charge < -0.3 is 18.9 Å². The largest absolute Gasteiger partial charge is 0.493 e. The molecule has 2 aromatic carbocycles. The first kappa shape index (κ1) is 20.5. The van der Waals surface area contributed by atoms with Crippen molar-refractivity contribution in [3.05, 3.63) is 52.8 Å². The first-order valence-electron chi connectivity index (χ1n) is 9.18. The normalized spacial score (nSPS) is 14.4. The lowest BCUT2D eigenvalue weighted by molar-refractivity contribution is -0.143. The number of allylic oxidation sites excluding steroid dienone is 1. The Morgan fingerprint density at radius 3 is 2.28 bits per heavy atom. The van der Waals surface area contributed by atoms with Gasteiger partial charge in [-0.15, -0.1) is 0 Å². The Bertz CT molecular complexity index is 1010. The second kappa shape index (κ2) is 7.62. The van der Waals surface area contributed by atoms with E-state index >= 15 is 0 Å². The van der Waals surface area contributed by atoms with Crippen LogP contribution in [0.5, 0.6) is 23.0 Å². The van der Waals surface area contributed by atoms with Crippen LogP contribution >= 0.6 is 0 Å². The zero-order valence-corrected chi connectivity index (χ0v) is 17.4. The third-order valence-corrected chi connectivity index (χ3v) is 4.56. The average Bonchev–Trinajstić information content (AvgIpc) is 2.99. The number of fused-ring (bicyclic) bond motifs is 1. The molecular weight excluding hydrogens is 372 g/mol.